The van der Waals surface area contributed by atoms with Crippen molar-refractivity contribution < 1.29 is 4.79 Å². The number of primary amides is 1. The van der Waals surface area contributed by atoms with Crippen molar-refractivity contribution in [3.63, 3.8) is 0 Å². The number of nitrogens with zero attached hydrogens (tertiary/aromatic N) is 2. The van der Waals surface area contributed by atoms with Gasteiger partial charge in [0.1, 0.15) is 0 Å². The van der Waals surface area contributed by atoms with Crippen LogP contribution in [0.5, 0.6) is 0 Å². The normalized spacial score (nSPS) is 10.4. The van der Waals surface area contributed by atoms with Crippen LogP contribution in [0.3, 0.4) is 0 Å². The van der Waals surface area contributed by atoms with Gasteiger partial charge in [-0.1, -0.05) is 0 Å². The molecule has 0 saturated carbocycles. The quantitative estimate of drug-likeness (QED) is 0.659. The van der Waals surface area contributed by atoms with Crippen LogP contribution in [0.25, 0.3) is 0 Å². The van der Waals surface area contributed by atoms with Crippen LogP contribution in [0.2, 0.25) is 0 Å². The van der Waals surface area contributed by atoms with Crippen molar-refractivity contribution in [3.05, 3.63) is 29.8 Å². The summed E-state index contributed by atoms with van der Waals surface area (Å²) >= 11 is 0. The van der Waals surface area contributed by atoms with Crippen molar-refractivity contribution in [2.24, 2.45) is 16.0 Å². The summed E-state index contributed by atoms with van der Waals surface area (Å²) in [5.74, 6) is -0.435. The standard InChI is InChI=1S/C8H9N3O/c1-10-11-7-4-2-6(3-5-7)8(9)12/h2-5H,1H3,(H2,9,12). The second-order valence-corrected chi connectivity index (χ2v) is 2.21. The van der Waals surface area contributed by atoms with E-state index in [-0.39, 0.29) is 0 Å². The molecular formula is C8H9N3O. The van der Waals surface area contributed by atoms with Gasteiger partial charge in [-0.05, 0) is 24.3 Å². The summed E-state index contributed by atoms with van der Waals surface area (Å²) in [7, 11) is 1.59. The Bertz CT molecular complexity index is 303. The Labute approximate surface area is 70.1 Å². The van der Waals surface area contributed by atoms with Gasteiger partial charge in [0.25, 0.3) is 0 Å². The van der Waals surface area contributed by atoms with Gasteiger partial charge in [-0.2, -0.15) is 10.2 Å². The molecule has 0 bridgehead atoms. The SMILES string of the molecule is CN=Nc1ccc(C(N)=O)cc1. The van der Waals surface area contributed by atoms with E-state index < -0.39 is 5.91 Å². The van der Waals surface area contributed by atoms with E-state index in [0.29, 0.717) is 11.3 Å². The third kappa shape index (κ3) is 1.88. The van der Waals surface area contributed by atoms with Crippen LogP contribution in [0, 0.1) is 0 Å². The smallest absolute Gasteiger partial charge is 0.248 e. The molecule has 0 aliphatic carbocycles. The number of benzene rings is 1. The number of amides is 1. The Morgan fingerprint density at radius 1 is 1.33 bits per heavy atom. The van der Waals surface area contributed by atoms with Gasteiger partial charge in [-0.25, -0.2) is 0 Å². The van der Waals surface area contributed by atoms with E-state index in [4.69, 9.17) is 5.73 Å². The molecule has 0 aliphatic heterocycles. The number of hydrogen-bond acceptors (Lipinski definition) is 3. The van der Waals surface area contributed by atoms with Crippen LogP contribution in [0.4, 0.5) is 5.69 Å². The van der Waals surface area contributed by atoms with E-state index in [1.165, 1.54) is 0 Å². The highest BCUT2D eigenvalue weighted by Gasteiger charge is 1.97. The third-order valence-corrected chi connectivity index (χ3v) is 1.37. The monoisotopic (exact) mass is 163 g/mol. The van der Waals surface area contributed by atoms with Crippen LogP contribution in [-0.4, -0.2) is 13.0 Å². The summed E-state index contributed by atoms with van der Waals surface area (Å²) in [5, 5.41) is 7.37. The molecule has 0 unspecified atom stereocenters. The first-order chi connectivity index (χ1) is 5.74. The van der Waals surface area contributed by atoms with Gasteiger partial charge < -0.3 is 5.73 Å². The minimum Gasteiger partial charge on any atom is -0.366 e. The van der Waals surface area contributed by atoms with Gasteiger partial charge in [0.05, 0.1) is 5.69 Å². The lowest BCUT2D eigenvalue weighted by atomic mass is 10.2. The van der Waals surface area contributed by atoms with E-state index in [2.05, 4.69) is 10.2 Å². The number of nitrogens with two attached hydrogens (primary N) is 1. The molecule has 1 aromatic carbocycles. The predicted octanol–water partition coefficient (Wildman–Crippen LogP) is 1.50. The number of carbonyl (C=O) groups excluding carboxylic acids is 1. The summed E-state index contributed by atoms with van der Waals surface area (Å²) < 4.78 is 0. The van der Waals surface area contributed by atoms with E-state index in [9.17, 15) is 4.79 Å². The average molecular weight is 163 g/mol. The first kappa shape index (κ1) is 8.39. The van der Waals surface area contributed by atoms with E-state index in [1.807, 2.05) is 0 Å². The van der Waals surface area contributed by atoms with E-state index in [1.54, 1.807) is 31.3 Å². The zero-order chi connectivity index (χ0) is 8.97. The first-order valence-electron chi connectivity index (χ1n) is 3.43. The van der Waals surface area contributed by atoms with Gasteiger partial charge in [0.2, 0.25) is 5.91 Å². The molecule has 0 heterocycles. The molecule has 0 aliphatic rings. The molecule has 4 heteroatoms. The van der Waals surface area contributed by atoms with E-state index in [0.717, 1.165) is 0 Å². The lowest BCUT2D eigenvalue weighted by molar-refractivity contribution is 0.100. The second kappa shape index (κ2) is 3.61. The predicted molar refractivity (Wildman–Crippen MR) is 45.4 cm³/mol. The van der Waals surface area contributed by atoms with Gasteiger partial charge in [-0.15, -0.1) is 0 Å². The van der Waals surface area contributed by atoms with E-state index >= 15 is 0 Å². The minimum atomic E-state index is -0.435. The number of hydrogen-bond donors (Lipinski definition) is 1. The van der Waals surface area contributed by atoms with Crippen molar-refractivity contribution >= 4 is 11.6 Å². The largest absolute Gasteiger partial charge is 0.366 e. The van der Waals surface area contributed by atoms with Crippen LogP contribution in [-0.2, 0) is 0 Å². The number of azo groups is 1. The average Bonchev–Trinajstić information content (AvgIpc) is 2.06. The van der Waals surface area contributed by atoms with Gasteiger partial charge in [0, 0.05) is 12.6 Å². The first-order valence-corrected chi connectivity index (χ1v) is 3.43. The zero-order valence-corrected chi connectivity index (χ0v) is 6.69. The summed E-state index contributed by atoms with van der Waals surface area (Å²) in [5.41, 5.74) is 6.23. The fourth-order valence-corrected chi connectivity index (χ4v) is 0.808. The molecule has 4 nitrogen and oxygen atoms in total. The van der Waals surface area contributed by atoms with Crippen LogP contribution >= 0.6 is 0 Å². The van der Waals surface area contributed by atoms with Crippen molar-refractivity contribution in [1.82, 2.24) is 0 Å². The van der Waals surface area contributed by atoms with Crippen molar-refractivity contribution in [2.75, 3.05) is 7.05 Å². The van der Waals surface area contributed by atoms with Crippen LogP contribution in [0.15, 0.2) is 34.5 Å². The molecule has 0 spiro atoms. The molecule has 0 radical (unpaired) electrons. The van der Waals surface area contributed by atoms with Crippen molar-refractivity contribution in [2.45, 2.75) is 0 Å². The van der Waals surface area contributed by atoms with Crippen LogP contribution < -0.4 is 5.73 Å². The zero-order valence-electron chi connectivity index (χ0n) is 6.69. The Morgan fingerprint density at radius 2 is 1.92 bits per heavy atom. The number of rotatable bonds is 2. The maximum absolute atomic E-state index is 10.6. The molecule has 0 fully saturated rings. The molecule has 1 amide bonds. The highest BCUT2D eigenvalue weighted by Crippen LogP contribution is 2.12. The summed E-state index contributed by atoms with van der Waals surface area (Å²) in [6.45, 7) is 0. The Hall–Kier alpha value is -1.71. The van der Waals surface area contributed by atoms with Crippen molar-refractivity contribution in [3.8, 4) is 0 Å². The van der Waals surface area contributed by atoms with Gasteiger partial charge in [-0.3, -0.25) is 4.79 Å². The molecule has 12 heavy (non-hydrogen) atoms. The molecule has 0 aromatic heterocycles. The molecule has 0 atom stereocenters. The molecule has 1 rings (SSSR count). The fourth-order valence-electron chi connectivity index (χ4n) is 0.808. The highest BCUT2D eigenvalue weighted by atomic mass is 16.1. The lowest BCUT2D eigenvalue weighted by Gasteiger charge is -1.94. The fraction of sp³-hybridized carbons (Fsp3) is 0.125. The molecule has 0 saturated heterocycles. The Kier molecular flexibility index (Phi) is 2.53. The Morgan fingerprint density at radius 3 is 2.33 bits per heavy atom. The lowest BCUT2D eigenvalue weighted by Crippen LogP contribution is -2.10. The number of carbonyl (C=O) groups is 1. The van der Waals surface area contributed by atoms with Gasteiger partial charge >= 0.3 is 0 Å². The third-order valence-electron chi connectivity index (χ3n) is 1.37. The minimum absolute atomic E-state index is 0.435. The second-order valence-electron chi connectivity index (χ2n) is 2.21. The molecule has 1 aromatic rings. The summed E-state index contributed by atoms with van der Waals surface area (Å²) in [6.07, 6.45) is 0. The molecule has 2 N–H and O–H groups in total. The Balaban J connectivity index is 2.93. The maximum Gasteiger partial charge on any atom is 0.248 e. The van der Waals surface area contributed by atoms with Gasteiger partial charge in [0.15, 0.2) is 0 Å². The highest BCUT2D eigenvalue weighted by molar-refractivity contribution is 5.92. The topological polar surface area (TPSA) is 67.8 Å². The molecular weight excluding hydrogens is 154 g/mol. The molecule has 62 valence electrons. The summed E-state index contributed by atoms with van der Waals surface area (Å²) in [4.78, 5) is 10.6. The summed E-state index contributed by atoms with van der Waals surface area (Å²) in [6, 6.07) is 6.61. The maximum atomic E-state index is 10.6. The van der Waals surface area contributed by atoms with Crippen LogP contribution in [0.1, 0.15) is 10.4 Å². The van der Waals surface area contributed by atoms with Crippen molar-refractivity contribution in [1.29, 1.82) is 0 Å².